The van der Waals surface area contributed by atoms with Crippen molar-refractivity contribution in [2.45, 2.75) is 32.7 Å². The lowest BCUT2D eigenvalue weighted by Crippen LogP contribution is -3.00. The molecule has 0 amide bonds. The van der Waals surface area contributed by atoms with Crippen molar-refractivity contribution in [1.29, 1.82) is 0 Å². The summed E-state index contributed by atoms with van der Waals surface area (Å²) >= 11 is 1.65. The fourth-order valence-electron chi connectivity index (χ4n) is 2.00. The molecule has 1 aromatic carbocycles. The lowest BCUT2D eigenvalue weighted by atomic mass is 9.99. The van der Waals surface area contributed by atoms with Crippen LogP contribution in [0, 0.1) is 0 Å². The first-order valence-corrected chi connectivity index (χ1v) is 7.55. The molecule has 1 aromatic rings. The van der Waals surface area contributed by atoms with Gasteiger partial charge in [-0.25, -0.2) is 4.58 Å². The highest BCUT2D eigenvalue weighted by Crippen LogP contribution is 2.15. The summed E-state index contributed by atoms with van der Waals surface area (Å²) in [6.07, 6.45) is 2.55. The minimum absolute atomic E-state index is 0. The average molecular weight is 406 g/mol. The lowest BCUT2D eigenvalue weighted by Gasteiger charge is -2.21. The maximum absolute atomic E-state index is 11.3. The highest BCUT2D eigenvalue weighted by Gasteiger charge is 2.27. The lowest BCUT2D eigenvalue weighted by molar-refractivity contribution is -0.404. The summed E-state index contributed by atoms with van der Waals surface area (Å²) in [5.41, 5.74) is 0.880. The van der Waals surface area contributed by atoms with Crippen LogP contribution in [0.4, 0.5) is 5.69 Å². The van der Waals surface area contributed by atoms with Crippen molar-refractivity contribution in [3.8, 4) is 0 Å². The first-order chi connectivity index (χ1) is 8.85. The van der Waals surface area contributed by atoms with E-state index in [1.165, 1.54) is 0 Å². The molecule has 0 aliphatic heterocycles. The number of carbonyl (C=O) groups is 1. The molecule has 0 saturated heterocycles. The minimum Gasteiger partial charge on any atom is -1.00 e. The van der Waals surface area contributed by atoms with Gasteiger partial charge in [0.2, 0.25) is 0 Å². The van der Waals surface area contributed by atoms with E-state index in [0.29, 0.717) is 6.42 Å². The Labute approximate surface area is 143 Å². The number of Topliss-reactive ketones (excluding diaryl/α,β-unsaturated/α-hetero) is 1. The van der Waals surface area contributed by atoms with Crippen molar-refractivity contribution in [3.05, 3.63) is 30.3 Å². The van der Waals surface area contributed by atoms with Crippen LogP contribution in [0.5, 0.6) is 0 Å². The predicted octanol–water partition coefficient (Wildman–Crippen LogP) is 0.0307. The van der Waals surface area contributed by atoms with Crippen molar-refractivity contribution in [1.82, 2.24) is 5.32 Å². The van der Waals surface area contributed by atoms with Crippen molar-refractivity contribution >= 4 is 28.4 Å². The molecule has 0 aliphatic carbocycles. The molecule has 0 unspecified atom stereocenters. The number of thioether (sulfide) groups is 1. The van der Waals surface area contributed by atoms with E-state index in [9.17, 15) is 4.79 Å². The van der Waals surface area contributed by atoms with Gasteiger partial charge in [-0.3, -0.25) is 10.1 Å². The van der Waals surface area contributed by atoms with Crippen LogP contribution in [0.2, 0.25) is 0 Å². The van der Waals surface area contributed by atoms with Gasteiger partial charge in [0.25, 0.3) is 0 Å². The number of benzene rings is 1. The largest absolute Gasteiger partial charge is 1.00 e. The maximum atomic E-state index is 11.3. The molecule has 0 heterocycles. The molecule has 0 radical (unpaired) electrons. The normalized spacial score (nSPS) is 12.2. The van der Waals surface area contributed by atoms with Crippen LogP contribution >= 0.6 is 11.8 Å². The van der Waals surface area contributed by atoms with Gasteiger partial charge in [-0.2, -0.15) is 0 Å². The predicted molar refractivity (Wildman–Crippen MR) is 83.3 cm³/mol. The number of nitrogens with zero attached hydrogens (tertiary/aromatic N) is 1. The number of carbonyl (C=O) groups excluding carboxylic acids is 1. The Bertz CT molecular complexity index is 472. The van der Waals surface area contributed by atoms with Crippen LogP contribution < -0.4 is 29.3 Å². The second kappa shape index (κ2) is 8.67. The van der Waals surface area contributed by atoms with Crippen LogP contribution in [-0.4, -0.2) is 34.4 Å². The highest BCUT2D eigenvalue weighted by atomic mass is 127. The van der Waals surface area contributed by atoms with Crippen LogP contribution in [0.25, 0.3) is 0 Å². The molecule has 112 valence electrons. The van der Waals surface area contributed by atoms with E-state index in [-0.39, 0.29) is 35.3 Å². The summed E-state index contributed by atoms with van der Waals surface area (Å²) in [5.74, 6) is 0.195. The zero-order valence-electron chi connectivity index (χ0n) is 12.7. The molecule has 0 aromatic heterocycles. The molecule has 0 spiro atoms. The molecule has 5 heteroatoms. The summed E-state index contributed by atoms with van der Waals surface area (Å²) in [6.45, 7) is 5.72. The van der Waals surface area contributed by atoms with Crippen molar-refractivity contribution in [2.24, 2.45) is 0 Å². The number of amidine groups is 1. The van der Waals surface area contributed by atoms with E-state index in [4.69, 9.17) is 0 Å². The van der Waals surface area contributed by atoms with Crippen LogP contribution in [0.1, 0.15) is 27.2 Å². The molecular weight excluding hydrogens is 383 g/mol. The summed E-state index contributed by atoms with van der Waals surface area (Å²) in [6, 6.07) is 10.2. The molecule has 0 saturated carbocycles. The van der Waals surface area contributed by atoms with Crippen LogP contribution in [0.3, 0.4) is 0 Å². The molecular formula is C15H23IN2OS. The average Bonchev–Trinajstić information content (AvgIpc) is 2.34. The third kappa shape index (κ3) is 6.26. The third-order valence-corrected chi connectivity index (χ3v) is 3.54. The summed E-state index contributed by atoms with van der Waals surface area (Å²) in [7, 11) is 2.03. The van der Waals surface area contributed by atoms with Gasteiger partial charge in [-0.15, -0.1) is 0 Å². The summed E-state index contributed by atoms with van der Waals surface area (Å²) in [5, 5.41) is 4.50. The van der Waals surface area contributed by atoms with Gasteiger partial charge in [-0.1, -0.05) is 18.2 Å². The molecule has 1 rings (SSSR count). The number of nitrogens with one attached hydrogen (secondary N) is 1. The van der Waals surface area contributed by atoms with Gasteiger partial charge in [0.15, 0.2) is 0 Å². The quantitative estimate of drug-likeness (QED) is 0.332. The fraction of sp³-hybridized carbons (Fsp3) is 0.467. The molecule has 0 atom stereocenters. The van der Waals surface area contributed by atoms with E-state index < -0.39 is 0 Å². The van der Waals surface area contributed by atoms with Gasteiger partial charge in [0.05, 0.1) is 7.05 Å². The van der Waals surface area contributed by atoms with Crippen molar-refractivity contribution in [3.63, 3.8) is 0 Å². The molecule has 20 heavy (non-hydrogen) atoms. The second-order valence-electron chi connectivity index (χ2n) is 5.29. The minimum atomic E-state index is -0.243. The number of rotatable bonds is 4. The Hall–Kier alpha value is -0.560. The Morgan fingerprint density at radius 1 is 1.30 bits per heavy atom. The Morgan fingerprint density at radius 2 is 1.85 bits per heavy atom. The van der Waals surface area contributed by atoms with Gasteiger partial charge < -0.3 is 24.0 Å². The van der Waals surface area contributed by atoms with Gasteiger partial charge in [0.1, 0.15) is 17.0 Å². The Morgan fingerprint density at radius 3 is 2.30 bits per heavy atom. The summed E-state index contributed by atoms with van der Waals surface area (Å²) in [4.78, 5) is 11.3. The number of hydrogen-bond acceptors (Lipinski definition) is 2. The first kappa shape index (κ1) is 19.4. The summed E-state index contributed by atoms with van der Waals surface area (Å²) < 4.78 is 2.10. The number of para-hydroxylation sites is 1. The third-order valence-electron chi connectivity index (χ3n) is 2.78. The highest BCUT2D eigenvalue weighted by molar-refractivity contribution is 8.13. The molecule has 1 N–H and O–H groups in total. The molecule has 0 fully saturated rings. The van der Waals surface area contributed by atoms with E-state index in [2.05, 4.69) is 22.0 Å². The van der Waals surface area contributed by atoms with E-state index in [1.807, 2.05) is 45.4 Å². The number of hydrogen-bond donors (Lipinski definition) is 1. The zero-order valence-corrected chi connectivity index (χ0v) is 15.7. The van der Waals surface area contributed by atoms with E-state index in [0.717, 1.165) is 10.9 Å². The van der Waals surface area contributed by atoms with Crippen molar-refractivity contribution in [2.75, 3.05) is 13.3 Å². The van der Waals surface area contributed by atoms with Crippen LogP contribution in [-0.2, 0) is 4.79 Å². The van der Waals surface area contributed by atoms with Gasteiger partial charge >= 0.3 is 5.17 Å². The fourth-order valence-corrected chi connectivity index (χ4v) is 2.75. The maximum Gasteiger partial charge on any atom is 0.311 e. The number of halogens is 1. The van der Waals surface area contributed by atoms with Gasteiger partial charge in [-0.05, 0) is 50.9 Å². The molecule has 0 bridgehead atoms. The van der Waals surface area contributed by atoms with Crippen molar-refractivity contribution < 1.29 is 33.3 Å². The van der Waals surface area contributed by atoms with E-state index in [1.54, 1.807) is 18.7 Å². The van der Waals surface area contributed by atoms with E-state index >= 15 is 0 Å². The SMILES string of the molecule is CSC(NC(C)(C)CC(C)=O)=[N+](C)c1ccccc1.[I-]. The Balaban J connectivity index is 0.00000361. The number of ketones is 1. The second-order valence-corrected chi connectivity index (χ2v) is 6.09. The molecule has 3 nitrogen and oxygen atoms in total. The first-order valence-electron chi connectivity index (χ1n) is 6.33. The smallest absolute Gasteiger partial charge is 0.311 e. The van der Waals surface area contributed by atoms with Crippen LogP contribution in [0.15, 0.2) is 30.3 Å². The standard InChI is InChI=1S/C15H22N2OS.HI/c1-12(18)11-15(2,3)16-14(19-5)17(4)13-9-7-6-8-10-13;/h6-10H,11H2,1-5H3;1H. The zero-order chi connectivity index (χ0) is 14.5. The Kier molecular flexibility index (Phi) is 8.42. The molecule has 0 aliphatic rings. The monoisotopic (exact) mass is 406 g/mol. The topological polar surface area (TPSA) is 32.1 Å². The van der Waals surface area contributed by atoms with Gasteiger partial charge in [0, 0.05) is 6.42 Å².